The molecule has 410 valence electrons. The van der Waals surface area contributed by atoms with E-state index in [9.17, 15) is 60.3 Å². The highest BCUT2D eigenvalue weighted by Crippen LogP contribution is 2.29. The third-order valence-electron chi connectivity index (χ3n) is 12.7. The molecule has 3 aliphatic rings. The number of aliphatic hydroxyl groups excluding tert-OH is 9. The van der Waals surface area contributed by atoms with Gasteiger partial charge in [-0.2, -0.15) is 0 Å². The summed E-state index contributed by atoms with van der Waals surface area (Å²) in [5.74, 6) is -1.62. The van der Waals surface area contributed by atoms with E-state index in [1.165, 1.54) is 20.8 Å². The van der Waals surface area contributed by atoms with Gasteiger partial charge in [0, 0.05) is 91.2 Å². The molecule has 0 aromatic rings. The van der Waals surface area contributed by atoms with Gasteiger partial charge in [0.2, 0.25) is 17.7 Å². The van der Waals surface area contributed by atoms with Gasteiger partial charge in [0.25, 0.3) is 0 Å². The van der Waals surface area contributed by atoms with E-state index in [4.69, 9.17) is 37.9 Å². The number of rotatable bonds is 33. The number of unbranched alkanes of at least 4 members (excludes halogenated alkanes) is 6. The van der Waals surface area contributed by atoms with Crippen LogP contribution in [-0.2, 0) is 52.3 Å². The molecule has 3 rings (SSSR count). The van der Waals surface area contributed by atoms with E-state index in [0.29, 0.717) is 84.8 Å². The topological polar surface area (TPSA) is 343 Å². The van der Waals surface area contributed by atoms with Crippen LogP contribution in [0.15, 0.2) is 0 Å². The maximum atomic E-state index is 11.8. The largest absolute Gasteiger partial charge is 0.396 e. The summed E-state index contributed by atoms with van der Waals surface area (Å²) in [5, 5.41) is 99.4. The second-order valence-corrected chi connectivity index (χ2v) is 19.3. The van der Waals surface area contributed by atoms with Crippen LogP contribution in [0.3, 0.4) is 0 Å². The van der Waals surface area contributed by atoms with E-state index < -0.39 is 110 Å². The molecule has 2 aliphatic heterocycles. The summed E-state index contributed by atoms with van der Waals surface area (Å²) in [5.41, 5.74) is -0.494. The third-order valence-corrected chi connectivity index (χ3v) is 12.7. The molecule has 1 saturated carbocycles. The molecule has 1 aliphatic carbocycles. The zero-order chi connectivity index (χ0) is 51.6. The first-order valence-corrected chi connectivity index (χ1v) is 25.0. The fourth-order valence-corrected chi connectivity index (χ4v) is 8.83. The van der Waals surface area contributed by atoms with E-state index in [0.717, 1.165) is 25.7 Å². The third kappa shape index (κ3) is 22.1. The van der Waals surface area contributed by atoms with Crippen LogP contribution in [0.1, 0.15) is 105 Å². The second kappa shape index (κ2) is 33.5. The van der Waals surface area contributed by atoms with Crippen molar-refractivity contribution in [2.24, 2.45) is 11.3 Å². The fourth-order valence-electron chi connectivity index (χ4n) is 8.83. The summed E-state index contributed by atoms with van der Waals surface area (Å²) in [7, 11) is 0. The fraction of sp³-hybridized carbons (Fsp3) is 0.936. The highest BCUT2D eigenvalue weighted by Gasteiger charge is 2.45. The molecule has 2 heterocycles. The maximum Gasteiger partial charge on any atom is 0.217 e. The minimum absolute atomic E-state index is 0.00687. The predicted octanol–water partition coefficient (Wildman–Crippen LogP) is -2.12. The molecule has 15 atom stereocenters. The van der Waals surface area contributed by atoms with Gasteiger partial charge >= 0.3 is 0 Å². The monoisotopic (exact) mass is 1010 g/mol. The van der Waals surface area contributed by atoms with Gasteiger partial charge in [0.1, 0.15) is 30.5 Å². The van der Waals surface area contributed by atoms with Crippen LogP contribution in [-0.4, -0.2) is 229 Å². The summed E-state index contributed by atoms with van der Waals surface area (Å²) in [6, 6.07) is -2.23. The maximum absolute atomic E-state index is 11.8. The minimum Gasteiger partial charge on any atom is -0.396 e. The lowest BCUT2D eigenvalue weighted by atomic mass is 9.79. The Morgan fingerprint density at radius 2 is 0.886 bits per heavy atom. The van der Waals surface area contributed by atoms with Gasteiger partial charge in [-0.1, -0.05) is 6.92 Å². The van der Waals surface area contributed by atoms with Gasteiger partial charge in [0.05, 0.1) is 75.6 Å². The molecule has 0 spiro atoms. The van der Waals surface area contributed by atoms with E-state index in [-0.39, 0.29) is 50.4 Å². The Morgan fingerprint density at radius 3 is 1.26 bits per heavy atom. The van der Waals surface area contributed by atoms with Crippen LogP contribution >= 0.6 is 0 Å². The normalized spacial score (nSPS) is 32.6. The van der Waals surface area contributed by atoms with Crippen LogP contribution in [0.2, 0.25) is 0 Å². The quantitative estimate of drug-likeness (QED) is 0.0313. The number of amides is 3. The molecule has 23 nitrogen and oxygen atoms in total. The van der Waals surface area contributed by atoms with Gasteiger partial charge in [-0.15, -0.1) is 0 Å². The van der Waals surface area contributed by atoms with Gasteiger partial charge in [-0.25, -0.2) is 0 Å². The number of nitrogens with one attached hydrogen (secondary N) is 3. The van der Waals surface area contributed by atoms with Crippen molar-refractivity contribution in [2.75, 3.05) is 79.3 Å². The van der Waals surface area contributed by atoms with Crippen molar-refractivity contribution in [1.29, 1.82) is 0 Å². The lowest BCUT2D eigenvalue weighted by molar-refractivity contribution is -0.205. The number of carbonyl (C=O) groups excluding carboxylic acids is 3. The summed E-state index contributed by atoms with van der Waals surface area (Å²) in [6.45, 7) is 7.98. The smallest absolute Gasteiger partial charge is 0.217 e. The molecule has 23 heteroatoms. The molecule has 0 aromatic carbocycles. The first-order chi connectivity index (χ1) is 33.4. The second-order valence-electron chi connectivity index (χ2n) is 19.3. The Bertz CT molecular complexity index is 1390. The first-order valence-electron chi connectivity index (χ1n) is 25.0. The summed E-state index contributed by atoms with van der Waals surface area (Å²) < 4.78 is 47.8. The van der Waals surface area contributed by atoms with Crippen LogP contribution in [0.4, 0.5) is 0 Å². The lowest BCUT2D eigenvalue weighted by Crippen LogP contribution is -2.61. The Kier molecular flexibility index (Phi) is 29.7. The van der Waals surface area contributed by atoms with Crippen molar-refractivity contribution in [3.8, 4) is 0 Å². The van der Waals surface area contributed by atoms with Crippen LogP contribution < -0.4 is 16.0 Å². The average molecular weight is 1010 g/mol. The molecule has 3 fully saturated rings. The molecule has 0 bridgehead atoms. The van der Waals surface area contributed by atoms with Gasteiger partial charge < -0.3 is 99.8 Å². The van der Waals surface area contributed by atoms with Crippen LogP contribution in [0.5, 0.6) is 0 Å². The summed E-state index contributed by atoms with van der Waals surface area (Å²) in [4.78, 5) is 35.4. The number of hydrogen-bond acceptors (Lipinski definition) is 20. The minimum atomic E-state index is -1.34. The molecular formula is C47H87N3O20. The van der Waals surface area contributed by atoms with Crippen molar-refractivity contribution in [2.45, 2.75) is 190 Å². The number of aliphatic hydroxyl groups is 9. The SMILES string of the molecule is CC(=O)NC1CC(O)[C@@H](O)C(CO)O[C@H]1OCCCCCOCC(C)(COCCCCCO[C@@H]1OC(CO)[C@H](O)C(O)CC1NC(C)=O)COCCCCCO[C@@H]1CC(CO)[C@H](O)C(O)C1NC(C)=O. The zero-order valence-electron chi connectivity index (χ0n) is 41.6. The molecule has 12 N–H and O–H groups in total. The molecule has 0 aromatic heterocycles. The number of hydrogen-bond donors (Lipinski definition) is 12. The van der Waals surface area contributed by atoms with E-state index in [2.05, 4.69) is 16.0 Å². The first kappa shape index (κ1) is 62.0. The average Bonchev–Trinajstić information content (AvgIpc) is 3.49. The molecule has 0 radical (unpaired) electrons. The molecule has 9 unspecified atom stereocenters. The van der Waals surface area contributed by atoms with Crippen molar-refractivity contribution < 1.29 is 98.2 Å². The van der Waals surface area contributed by atoms with Crippen molar-refractivity contribution >= 4 is 17.7 Å². The highest BCUT2D eigenvalue weighted by atomic mass is 16.7. The van der Waals surface area contributed by atoms with E-state index in [1.807, 2.05) is 6.92 Å². The van der Waals surface area contributed by atoms with Crippen LogP contribution in [0.25, 0.3) is 0 Å². The summed E-state index contributed by atoms with van der Waals surface area (Å²) in [6.07, 6.45) is -5.53. The Morgan fingerprint density at radius 1 is 0.500 bits per heavy atom. The van der Waals surface area contributed by atoms with Crippen molar-refractivity contribution in [3.05, 3.63) is 0 Å². The van der Waals surface area contributed by atoms with Crippen molar-refractivity contribution in [1.82, 2.24) is 16.0 Å². The zero-order valence-corrected chi connectivity index (χ0v) is 41.6. The Hall–Kier alpha value is -2.27. The summed E-state index contributed by atoms with van der Waals surface area (Å²) >= 11 is 0. The van der Waals surface area contributed by atoms with Gasteiger partial charge in [-0.05, 0) is 64.2 Å². The Labute approximate surface area is 412 Å². The highest BCUT2D eigenvalue weighted by molar-refractivity contribution is 5.74. The van der Waals surface area contributed by atoms with E-state index in [1.54, 1.807) is 0 Å². The van der Waals surface area contributed by atoms with E-state index >= 15 is 0 Å². The van der Waals surface area contributed by atoms with Crippen LogP contribution in [0, 0.1) is 11.3 Å². The molecule has 3 amide bonds. The molecular weight excluding hydrogens is 927 g/mol. The molecule has 2 saturated heterocycles. The number of carbonyl (C=O) groups is 3. The number of ether oxygens (including phenoxy) is 8. The van der Waals surface area contributed by atoms with Crippen molar-refractivity contribution in [3.63, 3.8) is 0 Å². The molecule has 70 heavy (non-hydrogen) atoms. The van der Waals surface area contributed by atoms with Gasteiger partial charge in [0.15, 0.2) is 12.6 Å². The Balaban J connectivity index is 1.44. The standard InChI is InChI=1S/C47H87N3O20/c1-29(54)48-33-21-35(57)42(60)38(24-52)69-45(33)67-18-12-6-9-15-64-27-47(4,26-63-14-8-5-11-17-66-37-20-32(23-51)41(59)44(62)40(37)50-31(3)56)28-65-16-10-7-13-19-68-46-34(49-30(2)55)22-36(58)43(61)39(25-53)70-46/h32-46,51-53,57-62H,5-28H2,1-4H3,(H,48,54)(H,49,55)(H,50,56)/t32?,33?,34?,35?,36?,37-,38?,39?,40?,41+,42-,43-,44?,45-,46-,47?/m1/s1. The lowest BCUT2D eigenvalue weighted by Gasteiger charge is -2.42. The predicted molar refractivity (Wildman–Crippen MR) is 249 cm³/mol. The van der Waals surface area contributed by atoms with Gasteiger partial charge in [-0.3, -0.25) is 14.4 Å².